The van der Waals surface area contributed by atoms with Gasteiger partial charge in [0.05, 0.1) is 16.6 Å². The summed E-state index contributed by atoms with van der Waals surface area (Å²) in [6.07, 6.45) is 4.55. The van der Waals surface area contributed by atoms with Crippen molar-refractivity contribution in [2.24, 2.45) is 0 Å². The van der Waals surface area contributed by atoms with Crippen molar-refractivity contribution in [1.29, 1.82) is 0 Å². The molecule has 2 aliphatic rings. The summed E-state index contributed by atoms with van der Waals surface area (Å²) in [6, 6.07) is 23.7. The molecule has 1 aliphatic carbocycles. The molecular formula is C31H32N4O3. The Morgan fingerprint density at radius 1 is 0.842 bits per heavy atom. The Bertz CT molecular complexity index is 1450. The molecule has 38 heavy (non-hydrogen) atoms. The summed E-state index contributed by atoms with van der Waals surface area (Å²) >= 11 is 0. The topological polar surface area (TPSA) is 78.7 Å². The standard InChI is InChI=1S/C31H32N4O3/c36-30(34-18-16-33(17-19-34)21-22-6-2-1-3-7-22)24-12-10-23(11-13-24)29-32-27-20-25(31(37)38)14-15-28(27)35(29)26-8-4-5-9-26/h1-3,6-7,10-15,20,26H,4-5,8-9,16-19,21H2,(H,37,38). The highest BCUT2D eigenvalue weighted by Gasteiger charge is 2.25. The molecule has 1 amide bonds. The lowest BCUT2D eigenvalue weighted by Crippen LogP contribution is -2.48. The number of hydrogen-bond donors (Lipinski definition) is 1. The van der Waals surface area contributed by atoms with Crippen LogP contribution < -0.4 is 0 Å². The van der Waals surface area contributed by atoms with E-state index in [-0.39, 0.29) is 11.5 Å². The zero-order valence-corrected chi connectivity index (χ0v) is 21.4. The molecule has 7 nitrogen and oxygen atoms in total. The lowest BCUT2D eigenvalue weighted by atomic mass is 10.1. The van der Waals surface area contributed by atoms with Crippen LogP contribution in [0.2, 0.25) is 0 Å². The fourth-order valence-corrected chi connectivity index (χ4v) is 5.86. The van der Waals surface area contributed by atoms with Gasteiger partial charge >= 0.3 is 5.97 Å². The third-order valence-corrected chi connectivity index (χ3v) is 7.92. The highest BCUT2D eigenvalue weighted by molar-refractivity contribution is 5.95. The summed E-state index contributed by atoms with van der Waals surface area (Å²) in [4.78, 5) is 34.0. The lowest BCUT2D eigenvalue weighted by Gasteiger charge is -2.34. The zero-order chi connectivity index (χ0) is 26.1. The summed E-state index contributed by atoms with van der Waals surface area (Å²) in [6.45, 7) is 4.08. The number of piperazine rings is 1. The van der Waals surface area contributed by atoms with Crippen molar-refractivity contribution in [2.75, 3.05) is 26.2 Å². The molecule has 0 unspecified atom stereocenters. The molecule has 0 atom stereocenters. The highest BCUT2D eigenvalue weighted by atomic mass is 16.4. The molecule has 1 N–H and O–H groups in total. The molecule has 1 aliphatic heterocycles. The smallest absolute Gasteiger partial charge is 0.335 e. The molecule has 2 fully saturated rings. The molecule has 0 bridgehead atoms. The molecule has 3 aromatic carbocycles. The molecule has 1 saturated heterocycles. The van der Waals surface area contributed by atoms with Crippen LogP contribution in [0.4, 0.5) is 0 Å². The Morgan fingerprint density at radius 2 is 1.53 bits per heavy atom. The molecule has 7 heteroatoms. The Balaban J connectivity index is 1.20. The second kappa shape index (κ2) is 10.4. The van der Waals surface area contributed by atoms with Crippen LogP contribution in [0.1, 0.15) is 58.0 Å². The fraction of sp³-hybridized carbons (Fsp3) is 0.323. The number of imidazole rings is 1. The predicted molar refractivity (Wildman–Crippen MR) is 147 cm³/mol. The molecular weight excluding hydrogens is 476 g/mol. The van der Waals surface area contributed by atoms with Gasteiger partial charge in [0.1, 0.15) is 5.82 Å². The number of fused-ring (bicyclic) bond motifs is 1. The molecule has 0 spiro atoms. The van der Waals surface area contributed by atoms with Gasteiger partial charge in [-0.2, -0.15) is 0 Å². The van der Waals surface area contributed by atoms with Crippen LogP contribution in [0.3, 0.4) is 0 Å². The zero-order valence-electron chi connectivity index (χ0n) is 21.4. The molecule has 0 radical (unpaired) electrons. The summed E-state index contributed by atoms with van der Waals surface area (Å²) < 4.78 is 2.27. The number of amides is 1. The van der Waals surface area contributed by atoms with Crippen molar-refractivity contribution >= 4 is 22.9 Å². The summed E-state index contributed by atoms with van der Waals surface area (Å²) in [5.74, 6) is -0.0538. The molecule has 1 saturated carbocycles. The third kappa shape index (κ3) is 4.82. The number of carbonyl (C=O) groups is 2. The van der Waals surface area contributed by atoms with E-state index in [1.54, 1.807) is 12.1 Å². The first-order valence-electron chi connectivity index (χ1n) is 13.5. The largest absolute Gasteiger partial charge is 0.478 e. The van der Waals surface area contributed by atoms with Gasteiger partial charge < -0.3 is 14.6 Å². The Labute approximate surface area is 222 Å². The number of aromatic nitrogens is 2. The van der Waals surface area contributed by atoms with Gasteiger partial charge in [0.2, 0.25) is 0 Å². The SMILES string of the molecule is O=C(O)c1ccc2c(c1)nc(-c1ccc(C(=O)N3CCN(Cc4ccccc4)CC3)cc1)n2C1CCCC1. The van der Waals surface area contributed by atoms with E-state index >= 15 is 0 Å². The first-order chi connectivity index (χ1) is 18.6. The van der Waals surface area contributed by atoms with E-state index in [1.165, 1.54) is 18.4 Å². The Morgan fingerprint density at radius 3 is 2.21 bits per heavy atom. The molecule has 194 valence electrons. The number of carboxylic acids is 1. The van der Waals surface area contributed by atoms with E-state index in [0.29, 0.717) is 17.1 Å². The van der Waals surface area contributed by atoms with E-state index in [1.807, 2.05) is 41.3 Å². The number of hydrogen-bond acceptors (Lipinski definition) is 4. The van der Waals surface area contributed by atoms with Crippen molar-refractivity contribution < 1.29 is 14.7 Å². The molecule has 1 aromatic heterocycles. The molecule has 4 aromatic rings. The average Bonchev–Trinajstić information content (AvgIpc) is 3.61. The highest BCUT2D eigenvalue weighted by Crippen LogP contribution is 2.37. The fourth-order valence-electron chi connectivity index (χ4n) is 5.86. The second-order valence-corrected chi connectivity index (χ2v) is 10.4. The van der Waals surface area contributed by atoms with Crippen molar-refractivity contribution in [3.63, 3.8) is 0 Å². The van der Waals surface area contributed by atoms with Crippen molar-refractivity contribution in [1.82, 2.24) is 19.4 Å². The van der Waals surface area contributed by atoms with Crippen LogP contribution >= 0.6 is 0 Å². The Hall–Kier alpha value is -3.97. The number of rotatable bonds is 6. The van der Waals surface area contributed by atoms with E-state index < -0.39 is 5.97 Å². The number of carbonyl (C=O) groups excluding carboxylic acids is 1. The van der Waals surface area contributed by atoms with Crippen LogP contribution in [-0.2, 0) is 6.54 Å². The first kappa shape index (κ1) is 24.4. The van der Waals surface area contributed by atoms with Crippen LogP contribution in [0.25, 0.3) is 22.4 Å². The van der Waals surface area contributed by atoms with E-state index in [9.17, 15) is 14.7 Å². The maximum atomic E-state index is 13.3. The van der Waals surface area contributed by atoms with E-state index in [2.05, 4.69) is 33.7 Å². The number of carboxylic acid groups (broad SMARTS) is 1. The minimum Gasteiger partial charge on any atom is -0.478 e. The van der Waals surface area contributed by atoms with Gasteiger partial charge in [0, 0.05) is 49.9 Å². The van der Waals surface area contributed by atoms with Crippen LogP contribution in [-0.4, -0.2) is 62.5 Å². The van der Waals surface area contributed by atoms with Gasteiger partial charge in [-0.15, -0.1) is 0 Å². The molecule has 2 heterocycles. The predicted octanol–water partition coefficient (Wildman–Crippen LogP) is 5.47. The van der Waals surface area contributed by atoms with Crippen molar-refractivity contribution in [2.45, 2.75) is 38.3 Å². The van der Waals surface area contributed by atoms with Crippen LogP contribution in [0.5, 0.6) is 0 Å². The van der Waals surface area contributed by atoms with Crippen molar-refractivity contribution in [3.05, 3.63) is 89.5 Å². The van der Waals surface area contributed by atoms with Gasteiger partial charge in [0.25, 0.3) is 5.91 Å². The van der Waals surface area contributed by atoms with Gasteiger partial charge in [-0.3, -0.25) is 9.69 Å². The van der Waals surface area contributed by atoms with Crippen LogP contribution in [0.15, 0.2) is 72.8 Å². The quantitative estimate of drug-likeness (QED) is 0.373. The summed E-state index contributed by atoms with van der Waals surface area (Å²) in [5.41, 5.74) is 4.82. The lowest BCUT2D eigenvalue weighted by molar-refractivity contribution is 0.0627. The van der Waals surface area contributed by atoms with Gasteiger partial charge in [-0.25, -0.2) is 9.78 Å². The minimum absolute atomic E-state index is 0.0614. The van der Waals surface area contributed by atoms with Gasteiger partial charge in [0.15, 0.2) is 0 Å². The van der Waals surface area contributed by atoms with Crippen LogP contribution in [0, 0.1) is 0 Å². The monoisotopic (exact) mass is 508 g/mol. The van der Waals surface area contributed by atoms with Gasteiger partial charge in [-0.1, -0.05) is 55.3 Å². The first-order valence-corrected chi connectivity index (χ1v) is 13.5. The minimum atomic E-state index is -0.951. The maximum Gasteiger partial charge on any atom is 0.335 e. The third-order valence-electron chi connectivity index (χ3n) is 7.92. The van der Waals surface area contributed by atoms with Crippen molar-refractivity contribution in [3.8, 4) is 11.4 Å². The number of benzene rings is 3. The molecule has 6 rings (SSSR count). The number of nitrogens with zero attached hydrogens (tertiary/aromatic N) is 4. The summed E-state index contributed by atoms with van der Waals surface area (Å²) in [5, 5.41) is 9.45. The number of aromatic carboxylic acids is 1. The van der Waals surface area contributed by atoms with E-state index in [4.69, 9.17) is 4.98 Å². The normalized spacial score (nSPS) is 16.8. The van der Waals surface area contributed by atoms with Gasteiger partial charge in [-0.05, 0) is 48.7 Å². The second-order valence-electron chi connectivity index (χ2n) is 10.4. The maximum absolute atomic E-state index is 13.3. The van der Waals surface area contributed by atoms with E-state index in [0.717, 1.165) is 62.5 Å². The Kier molecular flexibility index (Phi) is 6.68. The summed E-state index contributed by atoms with van der Waals surface area (Å²) in [7, 11) is 0. The average molecular weight is 509 g/mol.